The molecule has 0 unspecified atom stereocenters. The summed E-state index contributed by atoms with van der Waals surface area (Å²) in [5.74, 6) is -1.10. The Balaban J connectivity index is 1.18. The number of benzene rings is 2. The number of rotatable bonds is 6. The van der Waals surface area contributed by atoms with Crippen molar-refractivity contribution in [2.45, 2.75) is 19.3 Å². The maximum atomic E-state index is 12.5. The first-order valence-electron chi connectivity index (χ1n) is 11.0. The molecule has 3 amide bonds. The van der Waals surface area contributed by atoms with Crippen LogP contribution in [0, 0.1) is 11.8 Å². The first-order chi connectivity index (χ1) is 16.1. The minimum Gasteiger partial charge on any atom is -0.302 e. The third-order valence-corrected chi connectivity index (χ3v) is 6.96. The molecule has 5 rings (SSSR count). The van der Waals surface area contributed by atoms with E-state index in [0.29, 0.717) is 18.0 Å². The van der Waals surface area contributed by atoms with E-state index in [1.807, 2.05) is 47.9 Å². The molecule has 33 heavy (non-hydrogen) atoms. The number of hydrogen-bond donors (Lipinski definition) is 1. The number of fused-ring (bicyclic) bond motifs is 1. The summed E-state index contributed by atoms with van der Waals surface area (Å²) in [6.07, 6.45) is 5.18. The fourth-order valence-electron chi connectivity index (χ4n) is 4.41. The molecular formula is C26H23N3O3S. The second-order valence-electron chi connectivity index (χ2n) is 8.26. The Morgan fingerprint density at radius 2 is 1.52 bits per heavy atom. The van der Waals surface area contributed by atoms with E-state index < -0.39 is 0 Å². The van der Waals surface area contributed by atoms with Crippen molar-refractivity contribution in [3.8, 4) is 22.4 Å². The summed E-state index contributed by atoms with van der Waals surface area (Å²) < 4.78 is 0. The number of nitrogens with one attached hydrogen (secondary N) is 1. The van der Waals surface area contributed by atoms with E-state index in [9.17, 15) is 14.4 Å². The van der Waals surface area contributed by atoms with Crippen LogP contribution < -0.4 is 5.32 Å². The lowest BCUT2D eigenvalue weighted by Gasteiger charge is -2.14. The summed E-state index contributed by atoms with van der Waals surface area (Å²) in [7, 11) is 0. The third kappa shape index (κ3) is 4.36. The highest BCUT2D eigenvalue weighted by atomic mass is 32.1. The molecule has 0 radical (unpaired) electrons. The van der Waals surface area contributed by atoms with E-state index in [0.717, 1.165) is 22.4 Å². The van der Waals surface area contributed by atoms with E-state index in [1.54, 1.807) is 0 Å². The standard InChI is InChI=1S/C26H23N3O3S/c30-23(14-15-29-24(31)20-8-4-5-9-21(20)25(29)32)28-26-27-22(16-33-26)19-12-10-18(11-13-19)17-6-2-1-3-7-17/h1-7,10-13,16,20-21H,8-9,14-15H2,(H,27,28,30)/t20-,21+. The van der Waals surface area contributed by atoms with Crippen molar-refractivity contribution in [1.29, 1.82) is 0 Å². The van der Waals surface area contributed by atoms with Gasteiger partial charge in [0.15, 0.2) is 5.13 Å². The zero-order valence-electron chi connectivity index (χ0n) is 17.9. The van der Waals surface area contributed by atoms with Crippen molar-refractivity contribution < 1.29 is 14.4 Å². The van der Waals surface area contributed by atoms with Gasteiger partial charge in [0.2, 0.25) is 17.7 Å². The summed E-state index contributed by atoms with van der Waals surface area (Å²) in [6.45, 7) is 0.107. The van der Waals surface area contributed by atoms with Gasteiger partial charge in [0.05, 0.1) is 17.5 Å². The molecule has 2 aliphatic rings. The average molecular weight is 458 g/mol. The maximum absolute atomic E-state index is 12.5. The molecule has 2 aromatic carbocycles. The highest BCUT2D eigenvalue weighted by Crippen LogP contribution is 2.35. The SMILES string of the molecule is O=C(CCN1C(=O)[C@H]2CC=CC[C@H]2C1=O)Nc1nc(-c2ccc(-c3ccccc3)cc2)cs1. The first-order valence-corrected chi connectivity index (χ1v) is 11.9. The number of allylic oxidation sites excluding steroid dienone is 2. The molecule has 2 atom stereocenters. The van der Waals surface area contributed by atoms with Gasteiger partial charge in [0, 0.05) is 23.9 Å². The molecule has 0 saturated carbocycles. The summed E-state index contributed by atoms with van der Waals surface area (Å²) >= 11 is 1.35. The highest BCUT2D eigenvalue weighted by molar-refractivity contribution is 7.14. The maximum Gasteiger partial charge on any atom is 0.233 e. The molecule has 166 valence electrons. The van der Waals surface area contributed by atoms with Crippen molar-refractivity contribution >= 4 is 34.2 Å². The van der Waals surface area contributed by atoms with Crippen LogP contribution in [0.4, 0.5) is 5.13 Å². The number of aromatic nitrogens is 1. The van der Waals surface area contributed by atoms with Crippen molar-refractivity contribution in [2.24, 2.45) is 11.8 Å². The van der Waals surface area contributed by atoms with Crippen molar-refractivity contribution in [3.05, 3.63) is 72.1 Å². The van der Waals surface area contributed by atoms with Crippen LogP contribution in [-0.4, -0.2) is 34.2 Å². The summed E-state index contributed by atoms with van der Waals surface area (Å²) in [5.41, 5.74) is 4.04. The van der Waals surface area contributed by atoms with Crippen LogP contribution >= 0.6 is 11.3 Å². The molecule has 1 aliphatic heterocycles. The molecule has 1 aliphatic carbocycles. The number of imide groups is 1. The van der Waals surface area contributed by atoms with Gasteiger partial charge in [0.1, 0.15) is 0 Å². The zero-order valence-corrected chi connectivity index (χ0v) is 18.8. The average Bonchev–Trinajstić information content (AvgIpc) is 3.41. The highest BCUT2D eigenvalue weighted by Gasteiger charge is 2.46. The molecular weight excluding hydrogens is 434 g/mol. The Morgan fingerprint density at radius 3 is 2.18 bits per heavy atom. The van der Waals surface area contributed by atoms with E-state index in [4.69, 9.17) is 0 Å². The van der Waals surface area contributed by atoms with Crippen molar-refractivity contribution in [2.75, 3.05) is 11.9 Å². The van der Waals surface area contributed by atoms with Crippen molar-refractivity contribution in [1.82, 2.24) is 9.88 Å². The Kier molecular flexibility index (Phi) is 5.88. The van der Waals surface area contributed by atoms with Crippen LogP contribution in [0.3, 0.4) is 0 Å². The molecule has 3 aromatic rings. The lowest BCUT2D eigenvalue weighted by molar-refractivity contribution is -0.140. The van der Waals surface area contributed by atoms with Crippen LogP contribution in [0.1, 0.15) is 19.3 Å². The molecule has 1 fully saturated rings. The largest absolute Gasteiger partial charge is 0.302 e. The van der Waals surface area contributed by atoms with E-state index >= 15 is 0 Å². The smallest absolute Gasteiger partial charge is 0.233 e. The molecule has 0 bridgehead atoms. The van der Waals surface area contributed by atoms with E-state index in [-0.39, 0.29) is 42.5 Å². The van der Waals surface area contributed by atoms with Crippen LogP contribution in [-0.2, 0) is 14.4 Å². The number of amides is 3. The Hall–Kier alpha value is -3.58. The fraction of sp³-hybridized carbons (Fsp3) is 0.231. The van der Waals surface area contributed by atoms with Crippen LogP contribution in [0.2, 0.25) is 0 Å². The minimum absolute atomic E-state index is 0.0606. The normalized spacial score (nSPS) is 19.6. The van der Waals surface area contributed by atoms with Gasteiger partial charge >= 0.3 is 0 Å². The number of thiazole rings is 1. The van der Waals surface area contributed by atoms with Gasteiger partial charge in [-0.25, -0.2) is 4.98 Å². The van der Waals surface area contributed by atoms with Crippen LogP contribution in [0.15, 0.2) is 72.1 Å². The van der Waals surface area contributed by atoms with E-state index in [2.05, 4.69) is 34.6 Å². The molecule has 1 aromatic heterocycles. The third-order valence-electron chi connectivity index (χ3n) is 6.20. The van der Waals surface area contributed by atoms with Gasteiger partial charge in [-0.3, -0.25) is 19.3 Å². The first kappa shape index (κ1) is 21.3. The molecule has 7 heteroatoms. The monoisotopic (exact) mass is 457 g/mol. The van der Waals surface area contributed by atoms with Crippen molar-refractivity contribution in [3.63, 3.8) is 0 Å². The van der Waals surface area contributed by atoms with Gasteiger partial charge in [0.25, 0.3) is 0 Å². The number of likely N-dealkylation sites (tertiary alicyclic amines) is 1. The summed E-state index contributed by atoms with van der Waals surface area (Å²) in [6, 6.07) is 18.3. The quantitative estimate of drug-likeness (QED) is 0.428. The Morgan fingerprint density at radius 1 is 0.909 bits per heavy atom. The Labute approximate surface area is 196 Å². The lowest BCUT2D eigenvalue weighted by atomic mass is 9.85. The summed E-state index contributed by atoms with van der Waals surface area (Å²) in [4.78, 5) is 43.3. The van der Waals surface area contributed by atoms with Gasteiger partial charge in [-0.1, -0.05) is 66.7 Å². The predicted molar refractivity (Wildman–Crippen MR) is 128 cm³/mol. The van der Waals surface area contributed by atoms with E-state index in [1.165, 1.54) is 16.2 Å². The number of nitrogens with zero attached hydrogens (tertiary/aromatic N) is 2. The number of anilines is 1. The molecule has 6 nitrogen and oxygen atoms in total. The second kappa shape index (κ2) is 9.11. The van der Waals surface area contributed by atoms with Gasteiger partial charge in [-0.15, -0.1) is 11.3 Å². The second-order valence-corrected chi connectivity index (χ2v) is 9.12. The molecule has 1 saturated heterocycles. The van der Waals surface area contributed by atoms with Crippen LogP contribution in [0.5, 0.6) is 0 Å². The number of carbonyl (C=O) groups is 3. The predicted octanol–water partition coefficient (Wildman–Crippen LogP) is 4.76. The molecule has 1 N–H and O–H groups in total. The number of hydrogen-bond acceptors (Lipinski definition) is 5. The van der Waals surface area contributed by atoms with Crippen LogP contribution in [0.25, 0.3) is 22.4 Å². The van der Waals surface area contributed by atoms with Gasteiger partial charge < -0.3 is 5.32 Å². The van der Waals surface area contributed by atoms with Gasteiger partial charge in [-0.05, 0) is 24.0 Å². The topological polar surface area (TPSA) is 79.4 Å². The fourth-order valence-corrected chi connectivity index (χ4v) is 5.15. The minimum atomic E-state index is -0.264. The Bertz CT molecular complexity index is 1190. The molecule has 0 spiro atoms. The summed E-state index contributed by atoms with van der Waals surface area (Å²) in [5, 5.41) is 5.19. The number of carbonyl (C=O) groups excluding carboxylic acids is 3. The van der Waals surface area contributed by atoms with Gasteiger partial charge in [-0.2, -0.15) is 0 Å². The lowest BCUT2D eigenvalue weighted by Crippen LogP contribution is -2.34. The zero-order chi connectivity index (χ0) is 22.8. The molecule has 2 heterocycles.